The number of esters is 1. The van der Waals surface area contributed by atoms with E-state index in [-0.39, 0.29) is 36.8 Å². The number of aliphatic carboxylic acids is 1. The molecular weight excluding hydrogens is 708 g/mol. The number of cyclic esters (lactones) is 1. The summed E-state index contributed by atoms with van der Waals surface area (Å²) in [7, 11) is 1.42. The van der Waals surface area contributed by atoms with Crippen LogP contribution in [0.3, 0.4) is 0 Å². The summed E-state index contributed by atoms with van der Waals surface area (Å²) >= 11 is 0. The standard InChI is InChI=1S/C41H36N4O10/c1-53-21-22-54-40(52)44-30-19-14-24(9-8-20-43-39(42)51)23-29(30)41(38(44)50)31(36(47)48)33-37(49)55-34(26-12-6-3-7-13-26)32(25-10-4-2-5-11-25)45(33)35(41)27-15-17-28(46)18-16-27/h2-7,10-19,23,31-35,46H,20-22H2,1H3,(H,47,48)(H3,42,43,51)/t31-,32-,33-,34+,35+,41-/m0/s1. The Balaban J connectivity index is 1.54. The fourth-order valence-corrected chi connectivity index (χ4v) is 8.16. The summed E-state index contributed by atoms with van der Waals surface area (Å²) in [5.41, 5.74) is 5.13. The number of nitrogens with zero attached hydrogens (tertiary/aromatic N) is 2. The van der Waals surface area contributed by atoms with Gasteiger partial charge in [0.25, 0.3) is 0 Å². The maximum atomic E-state index is 15.5. The van der Waals surface area contributed by atoms with Crippen LogP contribution in [0.25, 0.3) is 0 Å². The minimum Gasteiger partial charge on any atom is -0.508 e. The lowest BCUT2D eigenvalue weighted by atomic mass is 9.65. The molecule has 4 aromatic rings. The molecule has 0 bridgehead atoms. The topological polar surface area (TPSA) is 198 Å². The van der Waals surface area contributed by atoms with Gasteiger partial charge in [0.2, 0.25) is 5.91 Å². The number of ether oxygens (including phenoxy) is 3. The predicted molar refractivity (Wildman–Crippen MR) is 195 cm³/mol. The number of amides is 4. The number of hydrogen-bond donors (Lipinski definition) is 4. The first kappa shape index (κ1) is 36.7. The van der Waals surface area contributed by atoms with Crippen molar-refractivity contribution in [2.24, 2.45) is 11.7 Å². The monoisotopic (exact) mass is 744 g/mol. The number of nitrogens with one attached hydrogen (secondary N) is 1. The van der Waals surface area contributed by atoms with Gasteiger partial charge in [-0.3, -0.25) is 19.3 Å². The molecule has 1 spiro atoms. The molecule has 3 aliphatic rings. The first-order valence-corrected chi connectivity index (χ1v) is 17.4. The van der Waals surface area contributed by atoms with Gasteiger partial charge in [-0.25, -0.2) is 14.5 Å². The molecule has 0 radical (unpaired) electrons. The highest BCUT2D eigenvalue weighted by molar-refractivity contribution is 6.23. The van der Waals surface area contributed by atoms with Crippen LogP contribution >= 0.6 is 0 Å². The van der Waals surface area contributed by atoms with Crippen LogP contribution in [-0.4, -0.2) is 78.0 Å². The number of benzene rings is 4. The molecule has 5 N–H and O–H groups in total. The third-order valence-electron chi connectivity index (χ3n) is 10.2. The van der Waals surface area contributed by atoms with Crippen molar-refractivity contribution in [3.63, 3.8) is 0 Å². The molecule has 0 saturated carbocycles. The van der Waals surface area contributed by atoms with Crippen LogP contribution in [0.15, 0.2) is 103 Å². The van der Waals surface area contributed by atoms with E-state index in [9.17, 15) is 29.4 Å². The lowest BCUT2D eigenvalue weighted by Crippen LogP contribution is -2.53. The van der Waals surface area contributed by atoms with Crippen LogP contribution in [0, 0.1) is 17.8 Å². The minimum absolute atomic E-state index is 0.0227. The molecule has 0 unspecified atom stereocenters. The second-order valence-electron chi connectivity index (χ2n) is 13.2. The van der Waals surface area contributed by atoms with Crippen molar-refractivity contribution in [3.8, 4) is 17.6 Å². The summed E-state index contributed by atoms with van der Waals surface area (Å²) in [4.78, 5) is 71.7. The molecule has 7 rings (SSSR count). The zero-order chi connectivity index (χ0) is 38.9. The zero-order valence-corrected chi connectivity index (χ0v) is 29.5. The SMILES string of the molecule is COCCOC(=O)N1C(=O)[C@@]2(c3cc(C#CCNC(N)=O)ccc31)[C@H](C(=O)O)[C@H]1C(=O)O[C@H](c3ccccc3)[C@H](c3ccccc3)N1[C@@H]2c1ccc(O)cc1. The number of carbonyl (C=O) groups excluding carboxylic acids is 4. The number of carbonyl (C=O) groups is 5. The number of carboxylic acids is 1. The lowest BCUT2D eigenvalue weighted by molar-refractivity contribution is -0.179. The van der Waals surface area contributed by atoms with Crippen molar-refractivity contribution >= 4 is 35.7 Å². The molecule has 2 saturated heterocycles. The van der Waals surface area contributed by atoms with Crippen LogP contribution in [0.4, 0.5) is 15.3 Å². The minimum atomic E-state index is -2.19. The number of carboxylic acid groups (broad SMARTS) is 1. The number of fused-ring (bicyclic) bond motifs is 3. The van der Waals surface area contributed by atoms with E-state index in [1.165, 1.54) is 37.4 Å². The van der Waals surface area contributed by atoms with E-state index in [0.29, 0.717) is 22.3 Å². The highest BCUT2D eigenvalue weighted by Gasteiger charge is 2.76. The van der Waals surface area contributed by atoms with Gasteiger partial charge in [-0.2, -0.15) is 0 Å². The third kappa shape index (κ3) is 6.29. The summed E-state index contributed by atoms with van der Waals surface area (Å²) in [6.07, 6.45) is -2.04. The normalized spacial score (nSPS) is 23.9. The number of nitrogens with two attached hydrogens (primary N) is 1. The van der Waals surface area contributed by atoms with E-state index < -0.39 is 65.5 Å². The molecule has 0 aliphatic carbocycles. The Hall–Kier alpha value is -6.69. The number of hydrogen-bond acceptors (Lipinski definition) is 10. The van der Waals surface area contributed by atoms with Crippen LogP contribution in [-0.2, 0) is 34.0 Å². The fourth-order valence-electron chi connectivity index (χ4n) is 8.16. The van der Waals surface area contributed by atoms with Gasteiger partial charge < -0.3 is 35.5 Å². The number of morpholine rings is 1. The van der Waals surface area contributed by atoms with E-state index in [4.69, 9.17) is 19.9 Å². The lowest BCUT2D eigenvalue weighted by Gasteiger charge is -2.46. The number of phenolic OH excluding ortho intramolecular Hbond substituents is 1. The molecule has 3 aliphatic heterocycles. The second kappa shape index (κ2) is 15.0. The van der Waals surface area contributed by atoms with E-state index in [0.717, 1.165) is 4.90 Å². The number of urea groups is 1. The van der Waals surface area contributed by atoms with Gasteiger partial charge in [-0.05, 0) is 52.6 Å². The van der Waals surface area contributed by atoms with Gasteiger partial charge in [0.1, 0.15) is 35.8 Å². The fraction of sp³-hybridized carbons (Fsp3) is 0.244. The maximum absolute atomic E-state index is 15.5. The molecule has 14 heteroatoms. The van der Waals surface area contributed by atoms with Crippen molar-refractivity contribution in [3.05, 3.63) is 131 Å². The van der Waals surface area contributed by atoms with E-state index in [1.807, 2.05) is 36.4 Å². The highest BCUT2D eigenvalue weighted by atomic mass is 16.6. The smallest absolute Gasteiger partial charge is 0.421 e. The van der Waals surface area contributed by atoms with Crippen LogP contribution < -0.4 is 16.0 Å². The summed E-state index contributed by atoms with van der Waals surface area (Å²) in [5.74, 6) is 0.457. The molecule has 2 fully saturated rings. The summed E-state index contributed by atoms with van der Waals surface area (Å²) in [6, 6.07) is 24.1. The van der Waals surface area contributed by atoms with Gasteiger partial charge in [-0.15, -0.1) is 0 Å². The summed E-state index contributed by atoms with van der Waals surface area (Å²) in [5, 5.41) is 24.1. The van der Waals surface area contributed by atoms with Gasteiger partial charge in [0.15, 0.2) is 0 Å². The number of imide groups is 1. The van der Waals surface area contributed by atoms with Gasteiger partial charge >= 0.3 is 24.1 Å². The van der Waals surface area contributed by atoms with Crippen LogP contribution in [0.2, 0.25) is 0 Å². The molecular formula is C41H36N4O10. The number of anilines is 1. The van der Waals surface area contributed by atoms with Crippen molar-refractivity contribution in [2.75, 3.05) is 31.8 Å². The molecule has 0 aromatic heterocycles. The van der Waals surface area contributed by atoms with E-state index in [2.05, 4.69) is 17.2 Å². The largest absolute Gasteiger partial charge is 0.508 e. The zero-order valence-electron chi connectivity index (χ0n) is 29.5. The summed E-state index contributed by atoms with van der Waals surface area (Å²) in [6.45, 7) is -0.296. The quantitative estimate of drug-likeness (QED) is 0.116. The molecule has 14 nitrogen and oxygen atoms in total. The van der Waals surface area contributed by atoms with Crippen molar-refractivity contribution in [1.82, 2.24) is 10.2 Å². The van der Waals surface area contributed by atoms with Crippen LogP contribution in [0.1, 0.15) is 46.0 Å². The average Bonchev–Trinajstić information content (AvgIpc) is 3.64. The molecule has 6 atom stereocenters. The van der Waals surface area contributed by atoms with E-state index in [1.54, 1.807) is 41.3 Å². The van der Waals surface area contributed by atoms with Crippen LogP contribution in [0.5, 0.6) is 5.75 Å². The van der Waals surface area contributed by atoms with Crippen molar-refractivity contribution in [1.29, 1.82) is 0 Å². The summed E-state index contributed by atoms with van der Waals surface area (Å²) < 4.78 is 16.7. The van der Waals surface area contributed by atoms with Crippen molar-refractivity contribution in [2.45, 2.75) is 29.6 Å². The molecule has 3 heterocycles. The Morgan fingerprint density at radius 2 is 1.56 bits per heavy atom. The van der Waals surface area contributed by atoms with Gasteiger partial charge in [0, 0.05) is 12.7 Å². The Kier molecular flexibility index (Phi) is 9.98. The number of methoxy groups -OCH3 is 1. The Morgan fingerprint density at radius 3 is 2.20 bits per heavy atom. The molecule has 280 valence electrons. The molecule has 55 heavy (non-hydrogen) atoms. The van der Waals surface area contributed by atoms with Crippen molar-refractivity contribution < 1.29 is 48.4 Å². The first-order valence-electron chi connectivity index (χ1n) is 17.4. The Bertz CT molecular complexity index is 2200. The maximum Gasteiger partial charge on any atom is 0.421 e. The third-order valence-corrected chi connectivity index (χ3v) is 10.2. The average molecular weight is 745 g/mol. The number of aromatic hydroxyl groups is 1. The highest BCUT2D eigenvalue weighted by Crippen LogP contribution is 2.66. The molecule has 4 amide bonds. The molecule has 4 aromatic carbocycles. The number of rotatable bonds is 8. The number of primary amides is 1. The second-order valence-corrected chi connectivity index (χ2v) is 13.2. The van der Waals surface area contributed by atoms with E-state index >= 15 is 4.79 Å². The first-order chi connectivity index (χ1) is 26.6. The van der Waals surface area contributed by atoms with Gasteiger partial charge in [-0.1, -0.05) is 84.6 Å². The van der Waals surface area contributed by atoms with Gasteiger partial charge in [0.05, 0.1) is 30.9 Å². The predicted octanol–water partition coefficient (Wildman–Crippen LogP) is 3.95. The Morgan fingerprint density at radius 1 is 0.891 bits per heavy atom. The number of phenols is 1. The Labute approximate surface area is 315 Å².